The first-order valence-electron chi connectivity index (χ1n) is 7.48. The van der Waals surface area contributed by atoms with Gasteiger partial charge in [-0.2, -0.15) is 0 Å². The van der Waals surface area contributed by atoms with E-state index in [2.05, 4.69) is 41.8 Å². The number of furan rings is 1. The largest absolute Gasteiger partial charge is 0.461 e. The van der Waals surface area contributed by atoms with E-state index < -0.39 is 0 Å². The van der Waals surface area contributed by atoms with E-state index in [0.29, 0.717) is 5.82 Å². The maximum Gasteiger partial charge on any atom is 0.195 e. The third kappa shape index (κ3) is 3.18. The lowest BCUT2D eigenvalue weighted by Crippen LogP contribution is -2.31. The molecule has 3 aromatic heterocycles. The monoisotopic (exact) mass is 370 g/mol. The standard InChI is InChI=1S/C17H15BrN4O/c18-14-6-12(7-19-9-14)10-22-4-3-15-13(11-22)8-20-17(21-15)16-2-1-5-23-16/h1-2,5-9H,3-4,10-11H2. The Hall–Kier alpha value is -2.05. The topological polar surface area (TPSA) is 55.1 Å². The molecule has 0 saturated heterocycles. The summed E-state index contributed by atoms with van der Waals surface area (Å²) in [5, 5.41) is 0. The Morgan fingerprint density at radius 3 is 3.04 bits per heavy atom. The molecule has 0 aliphatic carbocycles. The molecule has 116 valence electrons. The van der Waals surface area contributed by atoms with E-state index >= 15 is 0 Å². The van der Waals surface area contributed by atoms with E-state index in [-0.39, 0.29) is 0 Å². The third-order valence-corrected chi connectivity index (χ3v) is 4.36. The molecule has 0 amide bonds. The zero-order chi connectivity index (χ0) is 15.6. The van der Waals surface area contributed by atoms with E-state index in [4.69, 9.17) is 4.42 Å². The Morgan fingerprint density at radius 2 is 2.22 bits per heavy atom. The first-order chi connectivity index (χ1) is 11.3. The number of nitrogens with zero attached hydrogens (tertiary/aromatic N) is 4. The molecule has 4 rings (SSSR count). The molecule has 0 bridgehead atoms. The molecule has 4 heterocycles. The van der Waals surface area contributed by atoms with E-state index in [1.54, 1.807) is 12.5 Å². The number of hydrogen-bond acceptors (Lipinski definition) is 5. The van der Waals surface area contributed by atoms with Gasteiger partial charge in [-0.05, 0) is 39.7 Å². The normalized spacial score (nSPS) is 14.7. The summed E-state index contributed by atoms with van der Waals surface area (Å²) in [6.45, 7) is 2.72. The average Bonchev–Trinajstić information content (AvgIpc) is 3.09. The number of pyridine rings is 1. The summed E-state index contributed by atoms with van der Waals surface area (Å²) in [6.07, 6.45) is 8.21. The number of hydrogen-bond donors (Lipinski definition) is 0. The summed E-state index contributed by atoms with van der Waals surface area (Å²) in [6, 6.07) is 5.85. The highest BCUT2D eigenvalue weighted by Gasteiger charge is 2.19. The summed E-state index contributed by atoms with van der Waals surface area (Å²) in [5.74, 6) is 1.38. The molecule has 5 nitrogen and oxygen atoms in total. The van der Waals surface area contributed by atoms with E-state index in [9.17, 15) is 0 Å². The number of aromatic nitrogens is 3. The molecular formula is C17H15BrN4O. The molecule has 0 spiro atoms. The van der Waals surface area contributed by atoms with Crippen molar-refractivity contribution in [3.8, 4) is 11.6 Å². The average molecular weight is 371 g/mol. The summed E-state index contributed by atoms with van der Waals surface area (Å²) < 4.78 is 6.39. The van der Waals surface area contributed by atoms with Crippen molar-refractivity contribution in [3.63, 3.8) is 0 Å². The van der Waals surface area contributed by atoms with Gasteiger partial charge in [0.1, 0.15) is 0 Å². The Morgan fingerprint density at radius 1 is 1.26 bits per heavy atom. The molecule has 1 aliphatic rings. The summed E-state index contributed by atoms with van der Waals surface area (Å²) >= 11 is 3.47. The summed E-state index contributed by atoms with van der Waals surface area (Å²) in [7, 11) is 0. The Kier molecular flexibility index (Phi) is 3.93. The second kappa shape index (κ2) is 6.22. The maximum absolute atomic E-state index is 5.38. The second-order valence-electron chi connectivity index (χ2n) is 5.61. The summed E-state index contributed by atoms with van der Waals surface area (Å²) in [4.78, 5) is 15.7. The van der Waals surface area contributed by atoms with Gasteiger partial charge in [-0.3, -0.25) is 9.88 Å². The molecule has 23 heavy (non-hydrogen) atoms. The van der Waals surface area contributed by atoms with Gasteiger partial charge >= 0.3 is 0 Å². The van der Waals surface area contributed by atoms with Crippen LogP contribution in [-0.2, 0) is 19.5 Å². The lowest BCUT2D eigenvalue weighted by molar-refractivity contribution is 0.242. The highest BCUT2D eigenvalue weighted by Crippen LogP contribution is 2.22. The van der Waals surface area contributed by atoms with Gasteiger partial charge in [0.05, 0.1) is 12.0 Å². The number of rotatable bonds is 3. The fourth-order valence-electron chi connectivity index (χ4n) is 2.83. The molecule has 0 fully saturated rings. The van der Waals surface area contributed by atoms with Gasteiger partial charge in [0.2, 0.25) is 0 Å². The first-order valence-corrected chi connectivity index (χ1v) is 8.28. The predicted octanol–water partition coefficient (Wildman–Crippen LogP) is 3.45. The van der Waals surface area contributed by atoms with Crippen LogP contribution in [0.5, 0.6) is 0 Å². The van der Waals surface area contributed by atoms with Crippen molar-refractivity contribution in [2.75, 3.05) is 6.54 Å². The van der Waals surface area contributed by atoms with Crippen LogP contribution < -0.4 is 0 Å². The van der Waals surface area contributed by atoms with Crippen LogP contribution in [0.3, 0.4) is 0 Å². The Labute approximate surface area is 142 Å². The van der Waals surface area contributed by atoms with Crippen LogP contribution in [0.25, 0.3) is 11.6 Å². The number of fused-ring (bicyclic) bond motifs is 1. The van der Waals surface area contributed by atoms with Crippen LogP contribution in [0.2, 0.25) is 0 Å². The molecular weight excluding hydrogens is 356 g/mol. The molecule has 0 radical (unpaired) electrons. The lowest BCUT2D eigenvalue weighted by Gasteiger charge is -2.27. The van der Waals surface area contributed by atoms with Crippen LogP contribution in [-0.4, -0.2) is 26.4 Å². The highest BCUT2D eigenvalue weighted by molar-refractivity contribution is 9.10. The van der Waals surface area contributed by atoms with Crippen LogP contribution in [0.1, 0.15) is 16.8 Å². The predicted molar refractivity (Wildman–Crippen MR) is 89.5 cm³/mol. The minimum Gasteiger partial charge on any atom is -0.461 e. The van der Waals surface area contributed by atoms with Gasteiger partial charge in [-0.15, -0.1) is 0 Å². The van der Waals surface area contributed by atoms with E-state index in [1.165, 1.54) is 11.1 Å². The van der Waals surface area contributed by atoms with Gasteiger partial charge in [-0.1, -0.05) is 0 Å². The number of halogens is 1. The first kappa shape index (κ1) is 14.5. The highest BCUT2D eigenvalue weighted by atomic mass is 79.9. The quantitative estimate of drug-likeness (QED) is 0.706. The maximum atomic E-state index is 5.38. The van der Waals surface area contributed by atoms with Crippen LogP contribution >= 0.6 is 15.9 Å². The van der Waals surface area contributed by atoms with Gasteiger partial charge in [0, 0.05) is 54.7 Å². The van der Waals surface area contributed by atoms with Crippen molar-refractivity contribution in [1.82, 2.24) is 19.9 Å². The Balaban J connectivity index is 1.51. The van der Waals surface area contributed by atoms with E-state index in [1.807, 2.05) is 24.5 Å². The molecule has 0 saturated carbocycles. The minimum atomic E-state index is 0.665. The molecule has 1 aliphatic heterocycles. The van der Waals surface area contributed by atoms with Crippen molar-refractivity contribution in [2.45, 2.75) is 19.5 Å². The van der Waals surface area contributed by atoms with Crippen LogP contribution in [0.15, 0.2) is 51.9 Å². The lowest BCUT2D eigenvalue weighted by atomic mass is 10.1. The fourth-order valence-corrected chi connectivity index (χ4v) is 3.25. The zero-order valence-corrected chi connectivity index (χ0v) is 14.0. The molecule has 0 N–H and O–H groups in total. The smallest absolute Gasteiger partial charge is 0.195 e. The zero-order valence-electron chi connectivity index (χ0n) is 12.4. The van der Waals surface area contributed by atoms with Gasteiger partial charge in [0.25, 0.3) is 0 Å². The van der Waals surface area contributed by atoms with Crippen molar-refractivity contribution >= 4 is 15.9 Å². The van der Waals surface area contributed by atoms with Gasteiger partial charge in [-0.25, -0.2) is 9.97 Å². The van der Waals surface area contributed by atoms with Crippen LogP contribution in [0.4, 0.5) is 0 Å². The minimum absolute atomic E-state index is 0.665. The third-order valence-electron chi connectivity index (χ3n) is 3.92. The summed E-state index contributed by atoms with van der Waals surface area (Å²) in [5.41, 5.74) is 3.51. The Bertz CT molecular complexity index is 819. The molecule has 3 aromatic rings. The molecule has 6 heteroatoms. The SMILES string of the molecule is Brc1cncc(CN2CCc3nc(-c4ccco4)ncc3C2)c1. The molecule has 0 aromatic carbocycles. The van der Waals surface area contributed by atoms with Crippen molar-refractivity contribution in [3.05, 3.63) is 64.3 Å². The molecule has 0 atom stereocenters. The van der Waals surface area contributed by atoms with Crippen molar-refractivity contribution in [2.24, 2.45) is 0 Å². The molecule has 0 unspecified atom stereocenters. The van der Waals surface area contributed by atoms with Gasteiger partial charge in [0.15, 0.2) is 11.6 Å². The van der Waals surface area contributed by atoms with Crippen molar-refractivity contribution < 1.29 is 4.42 Å². The van der Waals surface area contributed by atoms with E-state index in [0.717, 1.165) is 42.0 Å². The van der Waals surface area contributed by atoms with Crippen molar-refractivity contribution in [1.29, 1.82) is 0 Å². The van der Waals surface area contributed by atoms with Crippen LogP contribution in [0, 0.1) is 0 Å². The fraction of sp³-hybridized carbons (Fsp3) is 0.235. The van der Waals surface area contributed by atoms with Gasteiger partial charge < -0.3 is 4.42 Å². The second-order valence-corrected chi connectivity index (χ2v) is 6.53.